The molecule has 0 spiro atoms. The summed E-state index contributed by atoms with van der Waals surface area (Å²) in [7, 11) is 1.72. The van der Waals surface area contributed by atoms with Crippen LogP contribution in [0.2, 0.25) is 0 Å². The zero-order valence-corrected chi connectivity index (χ0v) is 17.0. The second-order valence-corrected chi connectivity index (χ2v) is 7.96. The molecule has 2 aliphatic heterocycles. The summed E-state index contributed by atoms with van der Waals surface area (Å²) in [6.45, 7) is 2.14. The third kappa shape index (κ3) is 3.72. The van der Waals surface area contributed by atoms with E-state index in [1.54, 1.807) is 25.4 Å². The summed E-state index contributed by atoms with van der Waals surface area (Å²) < 4.78 is 52.6. The minimum Gasteiger partial charge on any atom is -0.491 e. The van der Waals surface area contributed by atoms with Crippen LogP contribution in [0, 0.1) is 0 Å². The molecule has 1 saturated heterocycles. The third-order valence-corrected chi connectivity index (χ3v) is 6.11. The summed E-state index contributed by atoms with van der Waals surface area (Å²) >= 11 is 0. The number of pyridine rings is 1. The van der Waals surface area contributed by atoms with E-state index in [2.05, 4.69) is 15.2 Å². The van der Waals surface area contributed by atoms with Gasteiger partial charge in [0, 0.05) is 38.2 Å². The number of ether oxygens (including phenoxy) is 2. The minimum absolute atomic E-state index is 0.00681. The van der Waals surface area contributed by atoms with Crippen molar-refractivity contribution in [2.75, 3.05) is 32.1 Å². The summed E-state index contributed by atoms with van der Waals surface area (Å²) in [6, 6.07) is 11.1. The molecule has 1 aromatic carbocycles. The molecule has 164 valence electrons. The van der Waals surface area contributed by atoms with Gasteiger partial charge in [0.05, 0.1) is 23.9 Å². The maximum atomic E-state index is 13.2. The monoisotopic (exact) mass is 432 g/mol. The molecule has 9 heteroatoms. The van der Waals surface area contributed by atoms with Gasteiger partial charge >= 0.3 is 6.18 Å². The fourth-order valence-electron chi connectivity index (χ4n) is 4.52. The van der Waals surface area contributed by atoms with Crippen LogP contribution in [-0.4, -0.2) is 53.2 Å². The van der Waals surface area contributed by atoms with E-state index in [4.69, 9.17) is 9.47 Å². The molecule has 0 unspecified atom stereocenters. The summed E-state index contributed by atoms with van der Waals surface area (Å²) in [4.78, 5) is 6.19. The van der Waals surface area contributed by atoms with Crippen molar-refractivity contribution in [3.8, 4) is 5.75 Å². The average molecular weight is 432 g/mol. The van der Waals surface area contributed by atoms with Gasteiger partial charge in [-0.2, -0.15) is 13.2 Å². The summed E-state index contributed by atoms with van der Waals surface area (Å²) in [5.74, 6) is 0.782. The van der Waals surface area contributed by atoms with E-state index >= 15 is 0 Å². The smallest absolute Gasteiger partial charge is 0.434 e. The third-order valence-electron chi connectivity index (χ3n) is 6.11. The van der Waals surface area contributed by atoms with Crippen molar-refractivity contribution >= 4 is 11.3 Å². The number of methoxy groups -OCH3 is 1. The van der Waals surface area contributed by atoms with E-state index in [1.165, 1.54) is 4.40 Å². The van der Waals surface area contributed by atoms with Crippen LogP contribution in [0.15, 0.2) is 48.8 Å². The molecule has 0 aliphatic carbocycles. The van der Waals surface area contributed by atoms with Gasteiger partial charge in [0.25, 0.3) is 0 Å². The highest BCUT2D eigenvalue weighted by Crippen LogP contribution is 2.39. The number of hydrogen-bond donors (Lipinski definition) is 1. The van der Waals surface area contributed by atoms with E-state index in [9.17, 15) is 13.2 Å². The van der Waals surface area contributed by atoms with Gasteiger partial charge < -0.3 is 19.2 Å². The molecular weight excluding hydrogens is 409 g/mol. The van der Waals surface area contributed by atoms with Crippen LogP contribution in [0.1, 0.15) is 23.7 Å². The Hall–Kier alpha value is -2.78. The number of nitrogens with zero attached hydrogens (tertiary/aromatic N) is 3. The Bertz CT molecular complexity index is 1080. The summed E-state index contributed by atoms with van der Waals surface area (Å²) in [6.07, 6.45) is -0.807. The highest BCUT2D eigenvalue weighted by Gasteiger charge is 2.39. The first-order chi connectivity index (χ1) is 14.9. The van der Waals surface area contributed by atoms with Crippen LogP contribution in [0.3, 0.4) is 0 Å². The van der Waals surface area contributed by atoms with Gasteiger partial charge in [-0.1, -0.05) is 18.2 Å². The van der Waals surface area contributed by atoms with Crippen LogP contribution in [-0.2, 0) is 10.9 Å². The van der Waals surface area contributed by atoms with Crippen molar-refractivity contribution in [1.29, 1.82) is 0 Å². The Labute approximate surface area is 177 Å². The lowest BCUT2D eigenvalue weighted by Crippen LogP contribution is -2.47. The van der Waals surface area contributed by atoms with Crippen molar-refractivity contribution < 1.29 is 22.6 Å². The van der Waals surface area contributed by atoms with Gasteiger partial charge in [0.15, 0.2) is 11.3 Å². The first kappa shape index (κ1) is 20.1. The van der Waals surface area contributed by atoms with E-state index in [1.807, 2.05) is 24.3 Å². The van der Waals surface area contributed by atoms with Crippen molar-refractivity contribution in [2.24, 2.45) is 0 Å². The standard InChI is InChI=1S/C22H23F3N4O2/c1-30-14-8-10-28(11-14)17-13-31-18-7-3-2-5-15(18)20(17)26-16-6-4-9-29-12-19(22(23,24)25)27-21(16)29/h2-7,9,12,14,17,20,26H,8,10-11,13H2,1H3/t14-,17-,20-/m0/s1. The van der Waals surface area contributed by atoms with Crippen LogP contribution in [0.4, 0.5) is 18.9 Å². The number of hydrogen-bond acceptors (Lipinski definition) is 5. The molecule has 2 aliphatic rings. The quantitative estimate of drug-likeness (QED) is 0.676. The Morgan fingerprint density at radius 2 is 2.03 bits per heavy atom. The van der Waals surface area contributed by atoms with Gasteiger partial charge in [0.2, 0.25) is 0 Å². The Kier molecular flexibility index (Phi) is 5.02. The average Bonchev–Trinajstić information content (AvgIpc) is 3.41. The molecule has 0 bridgehead atoms. The van der Waals surface area contributed by atoms with Crippen LogP contribution < -0.4 is 10.1 Å². The molecule has 31 heavy (non-hydrogen) atoms. The van der Waals surface area contributed by atoms with Crippen LogP contribution in [0.25, 0.3) is 5.65 Å². The normalized spacial score (nSPS) is 24.2. The maximum absolute atomic E-state index is 13.2. The summed E-state index contributed by atoms with van der Waals surface area (Å²) in [5, 5.41) is 3.49. The molecule has 4 heterocycles. The number of imidazole rings is 1. The molecule has 6 nitrogen and oxygen atoms in total. The molecule has 0 radical (unpaired) electrons. The fraction of sp³-hybridized carbons (Fsp3) is 0.409. The zero-order chi connectivity index (χ0) is 21.6. The molecule has 0 amide bonds. The van der Waals surface area contributed by atoms with Crippen LogP contribution >= 0.6 is 0 Å². The lowest BCUT2D eigenvalue weighted by Gasteiger charge is -2.39. The number of anilines is 1. The Balaban J connectivity index is 1.52. The van der Waals surface area contributed by atoms with E-state index in [0.717, 1.165) is 37.0 Å². The lowest BCUT2D eigenvalue weighted by atomic mass is 9.95. The van der Waals surface area contributed by atoms with Gasteiger partial charge in [-0.3, -0.25) is 4.90 Å². The van der Waals surface area contributed by atoms with E-state index < -0.39 is 11.9 Å². The first-order valence-corrected chi connectivity index (χ1v) is 10.2. The van der Waals surface area contributed by atoms with Gasteiger partial charge in [-0.25, -0.2) is 4.98 Å². The summed E-state index contributed by atoms with van der Waals surface area (Å²) in [5.41, 5.74) is 0.860. The SMILES string of the molecule is CO[C@H]1CCN([C@H]2COc3ccccc3[C@@H]2Nc2cccn3cc(C(F)(F)F)nc23)C1. The van der Waals surface area contributed by atoms with Crippen molar-refractivity contribution in [2.45, 2.75) is 30.8 Å². The number of para-hydroxylation sites is 1. The van der Waals surface area contributed by atoms with E-state index in [-0.39, 0.29) is 23.8 Å². The van der Waals surface area contributed by atoms with Crippen molar-refractivity contribution in [1.82, 2.24) is 14.3 Å². The number of nitrogens with one attached hydrogen (secondary N) is 1. The molecule has 1 fully saturated rings. The molecule has 5 rings (SSSR count). The Morgan fingerprint density at radius 3 is 2.81 bits per heavy atom. The number of fused-ring (bicyclic) bond motifs is 2. The van der Waals surface area contributed by atoms with E-state index in [0.29, 0.717) is 12.3 Å². The molecule has 3 atom stereocenters. The number of rotatable bonds is 4. The number of benzene rings is 1. The maximum Gasteiger partial charge on any atom is 0.434 e. The van der Waals surface area contributed by atoms with Crippen molar-refractivity contribution in [3.63, 3.8) is 0 Å². The van der Waals surface area contributed by atoms with Crippen molar-refractivity contribution in [3.05, 3.63) is 60.0 Å². The second kappa shape index (κ2) is 7.72. The number of aromatic nitrogens is 2. The number of halogens is 3. The van der Waals surface area contributed by atoms with Crippen LogP contribution in [0.5, 0.6) is 5.75 Å². The molecular formula is C22H23F3N4O2. The van der Waals surface area contributed by atoms with Gasteiger partial charge in [-0.05, 0) is 24.6 Å². The predicted molar refractivity (Wildman–Crippen MR) is 109 cm³/mol. The predicted octanol–water partition coefficient (Wildman–Crippen LogP) is 3.99. The molecule has 1 N–H and O–H groups in total. The highest BCUT2D eigenvalue weighted by molar-refractivity contribution is 5.69. The molecule has 2 aromatic heterocycles. The topological polar surface area (TPSA) is 51.0 Å². The first-order valence-electron chi connectivity index (χ1n) is 10.2. The lowest BCUT2D eigenvalue weighted by molar-refractivity contribution is -0.140. The van der Waals surface area contributed by atoms with Gasteiger partial charge in [0.1, 0.15) is 12.4 Å². The number of alkyl halides is 3. The number of likely N-dealkylation sites (tertiary alicyclic amines) is 1. The molecule has 3 aromatic rings. The second-order valence-electron chi connectivity index (χ2n) is 7.96. The Morgan fingerprint density at radius 1 is 1.19 bits per heavy atom. The largest absolute Gasteiger partial charge is 0.491 e. The zero-order valence-electron chi connectivity index (χ0n) is 17.0. The van der Waals surface area contributed by atoms with Gasteiger partial charge in [-0.15, -0.1) is 0 Å². The molecule has 0 saturated carbocycles. The fourth-order valence-corrected chi connectivity index (χ4v) is 4.52. The minimum atomic E-state index is -4.50. The highest BCUT2D eigenvalue weighted by atomic mass is 19.4.